The Morgan fingerprint density at radius 2 is 2.06 bits per heavy atom. The van der Waals surface area contributed by atoms with Crippen molar-refractivity contribution in [3.63, 3.8) is 0 Å². The number of carbonyl (C=O) groups is 2. The first kappa shape index (κ1) is 13.0. The Hall–Kier alpha value is -1.06. The lowest BCUT2D eigenvalue weighted by atomic mass is 10.2. The van der Waals surface area contributed by atoms with Crippen LogP contribution >= 0.6 is 0 Å². The number of amides is 1. The Bertz CT molecular complexity index is 240. The maximum atomic E-state index is 11.3. The first-order valence-corrected chi connectivity index (χ1v) is 6.11. The summed E-state index contributed by atoms with van der Waals surface area (Å²) in [5, 5.41) is 0. The third-order valence-corrected chi connectivity index (χ3v) is 2.80. The first-order valence-electron chi connectivity index (χ1n) is 6.11. The van der Waals surface area contributed by atoms with Crippen molar-refractivity contribution in [3.05, 3.63) is 0 Å². The van der Waals surface area contributed by atoms with Crippen LogP contribution in [0.4, 0.5) is 0 Å². The number of carbonyl (C=O) groups excluding carboxylic acids is 2. The average molecular weight is 227 g/mol. The van der Waals surface area contributed by atoms with Crippen molar-refractivity contribution in [1.29, 1.82) is 0 Å². The van der Waals surface area contributed by atoms with Gasteiger partial charge in [0.05, 0.1) is 6.61 Å². The van der Waals surface area contributed by atoms with E-state index in [4.69, 9.17) is 4.74 Å². The van der Waals surface area contributed by atoms with E-state index >= 15 is 0 Å². The number of esters is 1. The number of unbranched alkanes of at least 4 members (excludes halogenated alkanes) is 3. The molecule has 0 radical (unpaired) electrons. The summed E-state index contributed by atoms with van der Waals surface area (Å²) in [4.78, 5) is 23.7. The maximum absolute atomic E-state index is 11.3. The Kier molecular flexibility index (Phi) is 5.90. The van der Waals surface area contributed by atoms with Gasteiger partial charge in [-0.25, -0.2) is 0 Å². The van der Waals surface area contributed by atoms with Crippen LogP contribution in [0.2, 0.25) is 0 Å². The normalized spacial score (nSPS) is 15.6. The van der Waals surface area contributed by atoms with Crippen LogP contribution in [0.5, 0.6) is 0 Å². The van der Waals surface area contributed by atoms with E-state index in [1.54, 1.807) is 0 Å². The van der Waals surface area contributed by atoms with Crippen molar-refractivity contribution in [2.45, 2.75) is 45.4 Å². The lowest BCUT2D eigenvalue weighted by Crippen LogP contribution is -2.25. The van der Waals surface area contributed by atoms with Crippen molar-refractivity contribution < 1.29 is 14.3 Å². The van der Waals surface area contributed by atoms with Crippen LogP contribution in [0.1, 0.15) is 45.4 Å². The van der Waals surface area contributed by atoms with Gasteiger partial charge < -0.3 is 9.64 Å². The highest BCUT2D eigenvalue weighted by molar-refractivity contribution is 5.77. The van der Waals surface area contributed by atoms with Crippen LogP contribution in [0.3, 0.4) is 0 Å². The van der Waals surface area contributed by atoms with Crippen LogP contribution in [0, 0.1) is 0 Å². The Morgan fingerprint density at radius 3 is 2.69 bits per heavy atom. The fraction of sp³-hybridized carbons (Fsp3) is 0.833. The molecule has 0 saturated carbocycles. The van der Waals surface area contributed by atoms with Crippen molar-refractivity contribution in [2.24, 2.45) is 0 Å². The van der Waals surface area contributed by atoms with Crippen LogP contribution in [0.15, 0.2) is 0 Å². The summed E-state index contributed by atoms with van der Waals surface area (Å²) >= 11 is 0. The average Bonchev–Trinajstić information content (AvgIpc) is 2.62. The van der Waals surface area contributed by atoms with E-state index in [9.17, 15) is 9.59 Å². The molecule has 4 nitrogen and oxygen atoms in total. The molecule has 92 valence electrons. The molecule has 1 aliphatic rings. The van der Waals surface area contributed by atoms with Gasteiger partial charge in [0.2, 0.25) is 5.91 Å². The summed E-state index contributed by atoms with van der Waals surface area (Å²) in [6.07, 6.45) is 5.90. The van der Waals surface area contributed by atoms with Gasteiger partial charge in [-0.2, -0.15) is 0 Å². The molecule has 1 fully saturated rings. The largest absolute Gasteiger partial charge is 0.466 e. The van der Waals surface area contributed by atoms with E-state index in [-0.39, 0.29) is 5.97 Å². The van der Waals surface area contributed by atoms with Gasteiger partial charge in [-0.05, 0) is 25.7 Å². The molecule has 0 aromatic rings. The molecule has 0 aromatic carbocycles. The van der Waals surface area contributed by atoms with Gasteiger partial charge in [0.25, 0.3) is 0 Å². The predicted molar refractivity (Wildman–Crippen MR) is 60.9 cm³/mol. The fourth-order valence-corrected chi connectivity index (χ4v) is 1.91. The summed E-state index contributed by atoms with van der Waals surface area (Å²) in [5.74, 6) is 0.0996. The predicted octanol–water partition coefficient (Wildman–Crippen LogP) is 1.73. The topological polar surface area (TPSA) is 46.6 Å². The van der Waals surface area contributed by atoms with E-state index < -0.39 is 0 Å². The maximum Gasteiger partial charge on any atom is 0.302 e. The molecule has 0 unspecified atom stereocenters. The van der Waals surface area contributed by atoms with Gasteiger partial charge in [-0.3, -0.25) is 9.59 Å². The standard InChI is InChI=1S/C12H21NO3/c1-11(14)16-10-5-3-2-4-8-13-9-6-7-12(13)15/h2-10H2,1H3. The zero-order valence-corrected chi connectivity index (χ0v) is 10.0. The van der Waals surface area contributed by atoms with E-state index in [2.05, 4.69) is 0 Å². The van der Waals surface area contributed by atoms with E-state index in [1.165, 1.54) is 6.92 Å². The highest BCUT2D eigenvalue weighted by Gasteiger charge is 2.18. The number of hydrogen-bond donors (Lipinski definition) is 0. The fourth-order valence-electron chi connectivity index (χ4n) is 1.91. The second kappa shape index (κ2) is 7.25. The summed E-state index contributed by atoms with van der Waals surface area (Å²) in [6, 6.07) is 0. The molecule has 0 N–H and O–H groups in total. The smallest absolute Gasteiger partial charge is 0.302 e. The molecule has 0 atom stereocenters. The number of rotatable bonds is 7. The molecule has 0 spiro atoms. The lowest BCUT2D eigenvalue weighted by Gasteiger charge is -2.14. The molecule has 16 heavy (non-hydrogen) atoms. The molecule has 1 amide bonds. The van der Waals surface area contributed by atoms with Crippen LogP contribution in [-0.2, 0) is 14.3 Å². The van der Waals surface area contributed by atoms with Gasteiger partial charge in [-0.15, -0.1) is 0 Å². The molecule has 0 aliphatic carbocycles. The molecule has 1 rings (SSSR count). The molecule has 1 aliphatic heterocycles. The molecule has 0 bridgehead atoms. The summed E-state index contributed by atoms with van der Waals surface area (Å²) < 4.78 is 4.84. The Balaban J connectivity index is 1.88. The van der Waals surface area contributed by atoms with Gasteiger partial charge in [0.1, 0.15) is 0 Å². The number of hydrogen-bond acceptors (Lipinski definition) is 3. The third kappa shape index (κ3) is 5.14. The van der Waals surface area contributed by atoms with E-state index in [0.29, 0.717) is 12.5 Å². The molecule has 1 saturated heterocycles. The van der Waals surface area contributed by atoms with Crippen molar-refractivity contribution in [1.82, 2.24) is 4.90 Å². The Morgan fingerprint density at radius 1 is 1.31 bits per heavy atom. The molecular formula is C12H21NO3. The van der Waals surface area contributed by atoms with Gasteiger partial charge in [0, 0.05) is 26.4 Å². The minimum atomic E-state index is -0.206. The summed E-state index contributed by atoms with van der Waals surface area (Å²) in [7, 11) is 0. The summed E-state index contributed by atoms with van der Waals surface area (Å²) in [6.45, 7) is 3.79. The van der Waals surface area contributed by atoms with Crippen molar-refractivity contribution in [2.75, 3.05) is 19.7 Å². The minimum Gasteiger partial charge on any atom is -0.466 e. The quantitative estimate of drug-likeness (QED) is 0.491. The van der Waals surface area contributed by atoms with E-state index in [0.717, 1.165) is 51.6 Å². The molecule has 1 heterocycles. The lowest BCUT2D eigenvalue weighted by molar-refractivity contribution is -0.141. The minimum absolute atomic E-state index is 0.206. The second-order valence-corrected chi connectivity index (χ2v) is 4.24. The number of nitrogens with zero attached hydrogens (tertiary/aromatic N) is 1. The van der Waals surface area contributed by atoms with E-state index in [1.807, 2.05) is 4.90 Å². The van der Waals surface area contributed by atoms with Gasteiger partial charge in [-0.1, -0.05) is 6.42 Å². The Labute approximate surface area is 96.9 Å². The van der Waals surface area contributed by atoms with Crippen LogP contribution in [-0.4, -0.2) is 36.5 Å². The molecular weight excluding hydrogens is 206 g/mol. The molecule has 4 heteroatoms. The van der Waals surface area contributed by atoms with Crippen molar-refractivity contribution >= 4 is 11.9 Å². The first-order chi connectivity index (χ1) is 7.70. The SMILES string of the molecule is CC(=O)OCCCCCCN1CCCC1=O. The highest BCUT2D eigenvalue weighted by atomic mass is 16.5. The third-order valence-electron chi connectivity index (χ3n) is 2.80. The highest BCUT2D eigenvalue weighted by Crippen LogP contribution is 2.11. The summed E-state index contributed by atoms with van der Waals surface area (Å²) in [5.41, 5.74) is 0. The zero-order chi connectivity index (χ0) is 11.8. The monoisotopic (exact) mass is 227 g/mol. The van der Waals surface area contributed by atoms with Gasteiger partial charge >= 0.3 is 5.97 Å². The molecule has 0 aromatic heterocycles. The second-order valence-electron chi connectivity index (χ2n) is 4.24. The number of likely N-dealkylation sites (tertiary alicyclic amines) is 1. The van der Waals surface area contributed by atoms with Crippen LogP contribution < -0.4 is 0 Å². The van der Waals surface area contributed by atoms with Gasteiger partial charge in [0.15, 0.2) is 0 Å². The van der Waals surface area contributed by atoms with Crippen LogP contribution in [0.25, 0.3) is 0 Å². The van der Waals surface area contributed by atoms with Crippen molar-refractivity contribution in [3.8, 4) is 0 Å². The number of ether oxygens (including phenoxy) is 1. The zero-order valence-electron chi connectivity index (χ0n) is 10.0.